The summed E-state index contributed by atoms with van der Waals surface area (Å²) in [5, 5.41) is 9.09. The lowest BCUT2D eigenvalue weighted by Gasteiger charge is -2.38. The van der Waals surface area contributed by atoms with E-state index in [1.54, 1.807) is 0 Å². The largest absolute Gasteiger partial charge is 0.299 e. The first-order valence-electron chi connectivity index (χ1n) is 6.19. The maximum atomic E-state index is 9.09. The van der Waals surface area contributed by atoms with Gasteiger partial charge < -0.3 is 0 Å². The van der Waals surface area contributed by atoms with E-state index in [-0.39, 0.29) is 5.41 Å². The van der Waals surface area contributed by atoms with Crippen LogP contribution in [0.5, 0.6) is 0 Å². The molecule has 0 aromatic carbocycles. The highest BCUT2D eigenvalue weighted by Gasteiger charge is 2.45. The first kappa shape index (κ1) is 9.62. The number of hydrogen-bond acceptors (Lipinski definition) is 3. The minimum absolute atomic E-state index is 0.0563. The SMILES string of the molecule is N#CC1(CN2CCN3CCCC3C2)CC1. The number of fused-ring (bicyclic) bond motifs is 1. The monoisotopic (exact) mass is 205 g/mol. The summed E-state index contributed by atoms with van der Waals surface area (Å²) in [6.45, 7) is 5.96. The zero-order valence-electron chi connectivity index (χ0n) is 9.28. The predicted octanol–water partition coefficient (Wildman–Crippen LogP) is 1.07. The van der Waals surface area contributed by atoms with Crippen molar-refractivity contribution >= 4 is 0 Å². The lowest BCUT2D eigenvalue weighted by Crippen LogP contribution is -2.51. The topological polar surface area (TPSA) is 30.3 Å². The van der Waals surface area contributed by atoms with E-state index < -0.39 is 0 Å². The van der Waals surface area contributed by atoms with Gasteiger partial charge in [-0.05, 0) is 32.2 Å². The zero-order chi connectivity index (χ0) is 10.3. The molecule has 2 heterocycles. The molecule has 3 nitrogen and oxygen atoms in total. The van der Waals surface area contributed by atoms with Crippen LogP contribution in [0.4, 0.5) is 0 Å². The lowest BCUT2D eigenvalue weighted by molar-refractivity contribution is 0.0948. The molecule has 0 radical (unpaired) electrons. The van der Waals surface area contributed by atoms with E-state index in [1.165, 1.54) is 39.0 Å². The van der Waals surface area contributed by atoms with Crippen molar-refractivity contribution in [3.63, 3.8) is 0 Å². The highest BCUT2D eigenvalue weighted by molar-refractivity contribution is 5.11. The van der Waals surface area contributed by atoms with Gasteiger partial charge in [-0.1, -0.05) is 0 Å². The zero-order valence-corrected chi connectivity index (χ0v) is 9.28. The molecule has 15 heavy (non-hydrogen) atoms. The molecule has 3 fully saturated rings. The second-order valence-corrected chi connectivity index (χ2v) is 5.46. The first-order valence-corrected chi connectivity index (χ1v) is 6.19. The van der Waals surface area contributed by atoms with E-state index in [9.17, 15) is 0 Å². The van der Waals surface area contributed by atoms with Crippen molar-refractivity contribution in [2.45, 2.75) is 31.7 Å². The van der Waals surface area contributed by atoms with Crippen LogP contribution in [-0.2, 0) is 0 Å². The van der Waals surface area contributed by atoms with E-state index in [0.717, 1.165) is 25.4 Å². The van der Waals surface area contributed by atoms with Gasteiger partial charge in [0.1, 0.15) is 0 Å². The Hall–Kier alpha value is -0.590. The fraction of sp³-hybridized carbons (Fsp3) is 0.917. The molecule has 0 aromatic heterocycles. The van der Waals surface area contributed by atoms with Gasteiger partial charge in [0, 0.05) is 32.2 Å². The average Bonchev–Trinajstić information content (AvgIpc) is 2.88. The van der Waals surface area contributed by atoms with Crippen LogP contribution in [0.25, 0.3) is 0 Å². The number of hydrogen-bond donors (Lipinski definition) is 0. The van der Waals surface area contributed by atoms with Gasteiger partial charge in [-0.3, -0.25) is 9.80 Å². The van der Waals surface area contributed by atoms with Gasteiger partial charge in [0.15, 0.2) is 0 Å². The molecule has 0 spiro atoms. The maximum Gasteiger partial charge on any atom is 0.0703 e. The number of nitriles is 1. The molecule has 0 amide bonds. The van der Waals surface area contributed by atoms with Crippen molar-refractivity contribution in [2.75, 3.05) is 32.7 Å². The van der Waals surface area contributed by atoms with Gasteiger partial charge in [0.2, 0.25) is 0 Å². The Morgan fingerprint density at radius 3 is 2.87 bits per heavy atom. The Labute approximate surface area is 91.6 Å². The van der Waals surface area contributed by atoms with E-state index in [1.807, 2.05) is 0 Å². The van der Waals surface area contributed by atoms with Gasteiger partial charge >= 0.3 is 0 Å². The van der Waals surface area contributed by atoms with Crippen LogP contribution in [0.1, 0.15) is 25.7 Å². The van der Waals surface area contributed by atoms with Crippen molar-refractivity contribution in [3.8, 4) is 6.07 Å². The van der Waals surface area contributed by atoms with Crippen molar-refractivity contribution in [2.24, 2.45) is 5.41 Å². The predicted molar refractivity (Wildman–Crippen MR) is 58.3 cm³/mol. The summed E-state index contributed by atoms with van der Waals surface area (Å²) >= 11 is 0. The summed E-state index contributed by atoms with van der Waals surface area (Å²) in [5.41, 5.74) is 0.0563. The van der Waals surface area contributed by atoms with Crippen LogP contribution in [0.15, 0.2) is 0 Å². The van der Waals surface area contributed by atoms with Crippen LogP contribution < -0.4 is 0 Å². The summed E-state index contributed by atoms with van der Waals surface area (Å²) in [6, 6.07) is 3.30. The Morgan fingerprint density at radius 2 is 2.13 bits per heavy atom. The summed E-state index contributed by atoms with van der Waals surface area (Å²) in [7, 11) is 0. The quantitative estimate of drug-likeness (QED) is 0.675. The van der Waals surface area contributed by atoms with E-state index in [0.29, 0.717) is 0 Å². The highest BCUT2D eigenvalue weighted by Crippen LogP contribution is 2.45. The third-order valence-corrected chi connectivity index (χ3v) is 4.29. The maximum absolute atomic E-state index is 9.09. The van der Waals surface area contributed by atoms with Crippen molar-refractivity contribution in [1.29, 1.82) is 5.26 Å². The molecule has 0 aromatic rings. The number of piperazine rings is 1. The highest BCUT2D eigenvalue weighted by atomic mass is 15.3. The molecule has 82 valence electrons. The molecule has 0 bridgehead atoms. The molecule has 3 rings (SSSR count). The fourth-order valence-electron chi connectivity index (χ4n) is 3.08. The Bertz CT molecular complexity index is 290. The van der Waals surface area contributed by atoms with Crippen LogP contribution in [0.3, 0.4) is 0 Å². The first-order chi connectivity index (χ1) is 7.31. The normalized spacial score (nSPS) is 34.7. The molecule has 1 atom stereocenters. The summed E-state index contributed by atoms with van der Waals surface area (Å²) in [5.74, 6) is 0. The molecule has 1 unspecified atom stereocenters. The average molecular weight is 205 g/mol. The summed E-state index contributed by atoms with van der Waals surface area (Å²) in [4.78, 5) is 5.16. The molecule has 2 aliphatic heterocycles. The van der Waals surface area contributed by atoms with Crippen LogP contribution >= 0.6 is 0 Å². The lowest BCUT2D eigenvalue weighted by atomic mass is 10.1. The number of nitrogens with zero attached hydrogens (tertiary/aromatic N) is 3. The molecule has 3 aliphatic rings. The molecular weight excluding hydrogens is 186 g/mol. The van der Waals surface area contributed by atoms with Gasteiger partial charge in [0.05, 0.1) is 11.5 Å². The van der Waals surface area contributed by atoms with Crippen LogP contribution in [0, 0.1) is 16.7 Å². The summed E-state index contributed by atoms with van der Waals surface area (Å²) in [6.07, 6.45) is 5.01. The van der Waals surface area contributed by atoms with E-state index in [4.69, 9.17) is 5.26 Å². The van der Waals surface area contributed by atoms with Crippen LogP contribution in [-0.4, -0.2) is 48.6 Å². The van der Waals surface area contributed by atoms with Gasteiger partial charge in [-0.2, -0.15) is 5.26 Å². The third-order valence-electron chi connectivity index (χ3n) is 4.29. The van der Waals surface area contributed by atoms with Crippen molar-refractivity contribution in [3.05, 3.63) is 0 Å². The second kappa shape index (κ2) is 3.47. The van der Waals surface area contributed by atoms with E-state index >= 15 is 0 Å². The smallest absolute Gasteiger partial charge is 0.0703 e. The third kappa shape index (κ3) is 1.77. The van der Waals surface area contributed by atoms with Crippen molar-refractivity contribution in [1.82, 2.24) is 9.80 Å². The Balaban J connectivity index is 1.58. The molecule has 0 N–H and O–H groups in total. The minimum Gasteiger partial charge on any atom is -0.299 e. The second-order valence-electron chi connectivity index (χ2n) is 5.46. The van der Waals surface area contributed by atoms with Gasteiger partial charge in [-0.25, -0.2) is 0 Å². The minimum atomic E-state index is 0.0563. The number of rotatable bonds is 2. The van der Waals surface area contributed by atoms with Gasteiger partial charge in [0.25, 0.3) is 0 Å². The fourth-order valence-corrected chi connectivity index (χ4v) is 3.08. The standard InChI is InChI=1S/C12H19N3/c13-9-12(3-4-12)10-14-6-7-15-5-1-2-11(15)8-14/h11H,1-8,10H2. The van der Waals surface area contributed by atoms with Crippen molar-refractivity contribution < 1.29 is 0 Å². The Kier molecular flexibility index (Phi) is 2.22. The Morgan fingerprint density at radius 1 is 1.27 bits per heavy atom. The molecule has 1 saturated carbocycles. The summed E-state index contributed by atoms with van der Waals surface area (Å²) < 4.78 is 0. The molecule has 3 heteroatoms. The molecule has 1 aliphatic carbocycles. The van der Waals surface area contributed by atoms with E-state index in [2.05, 4.69) is 15.9 Å². The molecule has 2 saturated heterocycles. The van der Waals surface area contributed by atoms with Crippen LogP contribution in [0.2, 0.25) is 0 Å². The molecular formula is C12H19N3. The van der Waals surface area contributed by atoms with Gasteiger partial charge in [-0.15, -0.1) is 0 Å².